The van der Waals surface area contributed by atoms with Crippen LogP contribution in [0.5, 0.6) is 5.75 Å². The summed E-state index contributed by atoms with van der Waals surface area (Å²) < 4.78 is 5.49. The molecule has 1 aliphatic rings. The summed E-state index contributed by atoms with van der Waals surface area (Å²) in [6.45, 7) is 7.78. The number of piperazine rings is 1. The van der Waals surface area contributed by atoms with Gasteiger partial charge in [0.1, 0.15) is 5.75 Å². The molecule has 1 heterocycles. The first-order valence-corrected chi connectivity index (χ1v) is 7.87. The van der Waals surface area contributed by atoms with Crippen molar-refractivity contribution in [1.82, 2.24) is 10.2 Å². The smallest absolute Gasteiger partial charge is 0.123 e. The minimum absolute atomic E-state index is 0.623. The molecular formula is C17H28N2O. The molecule has 0 spiro atoms. The molecular weight excluding hydrogens is 248 g/mol. The van der Waals surface area contributed by atoms with Gasteiger partial charge < -0.3 is 10.1 Å². The van der Waals surface area contributed by atoms with E-state index in [4.69, 9.17) is 4.74 Å². The SMILES string of the molecule is CCCC1CNC(CC)CN1Cc1ccccc1OC. The maximum Gasteiger partial charge on any atom is 0.123 e. The van der Waals surface area contributed by atoms with Gasteiger partial charge in [0.25, 0.3) is 0 Å². The largest absolute Gasteiger partial charge is 0.496 e. The van der Waals surface area contributed by atoms with E-state index in [0.29, 0.717) is 12.1 Å². The highest BCUT2D eigenvalue weighted by molar-refractivity contribution is 5.33. The van der Waals surface area contributed by atoms with E-state index in [1.165, 1.54) is 24.8 Å². The number of nitrogens with zero attached hydrogens (tertiary/aromatic N) is 1. The number of nitrogens with one attached hydrogen (secondary N) is 1. The molecule has 1 saturated heterocycles. The van der Waals surface area contributed by atoms with E-state index >= 15 is 0 Å². The lowest BCUT2D eigenvalue weighted by Gasteiger charge is -2.40. The first-order chi connectivity index (χ1) is 9.78. The Bertz CT molecular complexity index is 408. The van der Waals surface area contributed by atoms with Gasteiger partial charge in [-0.1, -0.05) is 38.5 Å². The Morgan fingerprint density at radius 3 is 2.80 bits per heavy atom. The Balaban J connectivity index is 2.09. The second-order valence-electron chi connectivity index (χ2n) is 5.70. The molecule has 1 aliphatic heterocycles. The van der Waals surface area contributed by atoms with E-state index in [9.17, 15) is 0 Å². The van der Waals surface area contributed by atoms with Gasteiger partial charge in [0, 0.05) is 37.3 Å². The molecule has 20 heavy (non-hydrogen) atoms. The third kappa shape index (κ3) is 3.74. The Hall–Kier alpha value is -1.06. The minimum atomic E-state index is 0.623. The van der Waals surface area contributed by atoms with Crippen molar-refractivity contribution in [3.63, 3.8) is 0 Å². The van der Waals surface area contributed by atoms with Gasteiger partial charge in [-0.15, -0.1) is 0 Å². The summed E-state index contributed by atoms with van der Waals surface area (Å²) >= 11 is 0. The molecule has 2 rings (SSSR count). The fourth-order valence-electron chi connectivity index (χ4n) is 3.07. The number of rotatable bonds is 6. The van der Waals surface area contributed by atoms with Crippen LogP contribution in [0.1, 0.15) is 38.7 Å². The number of para-hydroxylation sites is 1. The second-order valence-corrected chi connectivity index (χ2v) is 5.70. The van der Waals surface area contributed by atoms with Crippen LogP contribution in [0.15, 0.2) is 24.3 Å². The van der Waals surface area contributed by atoms with E-state index < -0.39 is 0 Å². The molecule has 2 atom stereocenters. The fourth-order valence-corrected chi connectivity index (χ4v) is 3.07. The van der Waals surface area contributed by atoms with Crippen molar-refractivity contribution in [3.05, 3.63) is 29.8 Å². The highest BCUT2D eigenvalue weighted by Crippen LogP contribution is 2.23. The molecule has 112 valence electrons. The summed E-state index contributed by atoms with van der Waals surface area (Å²) in [6.07, 6.45) is 3.70. The first-order valence-electron chi connectivity index (χ1n) is 7.87. The summed E-state index contributed by atoms with van der Waals surface area (Å²) in [5.41, 5.74) is 1.30. The zero-order valence-corrected chi connectivity index (χ0v) is 13.1. The van der Waals surface area contributed by atoms with Gasteiger partial charge in [-0.3, -0.25) is 4.90 Å². The summed E-state index contributed by atoms with van der Waals surface area (Å²) in [5.74, 6) is 1.01. The van der Waals surface area contributed by atoms with E-state index in [1.807, 2.05) is 6.07 Å². The molecule has 1 N–H and O–H groups in total. The average molecular weight is 276 g/mol. The van der Waals surface area contributed by atoms with Crippen LogP contribution in [-0.4, -0.2) is 37.2 Å². The lowest BCUT2D eigenvalue weighted by molar-refractivity contribution is 0.112. The van der Waals surface area contributed by atoms with Crippen LogP contribution in [0.3, 0.4) is 0 Å². The lowest BCUT2D eigenvalue weighted by Crippen LogP contribution is -2.55. The van der Waals surface area contributed by atoms with Gasteiger partial charge in [0.15, 0.2) is 0 Å². The Labute approximate surface area is 123 Å². The molecule has 0 saturated carbocycles. The predicted molar refractivity (Wildman–Crippen MR) is 84.2 cm³/mol. The Kier molecular flexibility index (Phi) is 5.86. The fraction of sp³-hybridized carbons (Fsp3) is 0.647. The molecule has 0 amide bonds. The van der Waals surface area contributed by atoms with Crippen molar-refractivity contribution in [3.8, 4) is 5.75 Å². The second kappa shape index (κ2) is 7.65. The first kappa shape index (κ1) is 15.3. The normalized spacial score (nSPS) is 23.8. The van der Waals surface area contributed by atoms with Crippen LogP contribution in [-0.2, 0) is 6.54 Å². The van der Waals surface area contributed by atoms with Crippen LogP contribution in [0.25, 0.3) is 0 Å². The lowest BCUT2D eigenvalue weighted by atomic mass is 10.0. The molecule has 1 fully saturated rings. The van der Waals surface area contributed by atoms with E-state index in [-0.39, 0.29) is 0 Å². The van der Waals surface area contributed by atoms with Crippen LogP contribution in [0.4, 0.5) is 0 Å². The number of hydrogen-bond acceptors (Lipinski definition) is 3. The van der Waals surface area contributed by atoms with Crippen molar-refractivity contribution in [2.24, 2.45) is 0 Å². The summed E-state index contributed by atoms with van der Waals surface area (Å²) in [7, 11) is 1.76. The molecule has 0 radical (unpaired) electrons. The van der Waals surface area contributed by atoms with Crippen molar-refractivity contribution in [2.75, 3.05) is 20.2 Å². The monoisotopic (exact) mass is 276 g/mol. The predicted octanol–water partition coefficient (Wildman–Crippen LogP) is 3.05. The zero-order chi connectivity index (χ0) is 14.4. The van der Waals surface area contributed by atoms with Crippen molar-refractivity contribution in [2.45, 2.75) is 51.7 Å². The summed E-state index contributed by atoms with van der Waals surface area (Å²) in [5, 5.41) is 3.68. The number of ether oxygens (including phenoxy) is 1. The minimum Gasteiger partial charge on any atom is -0.496 e. The number of hydrogen-bond donors (Lipinski definition) is 1. The van der Waals surface area contributed by atoms with E-state index in [1.54, 1.807) is 7.11 Å². The highest BCUT2D eigenvalue weighted by atomic mass is 16.5. The molecule has 3 nitrogen and oxygen atoms in total. The van der Waals surface area contributed by atoms with Gasteiger partial charge in [-0.05, 0) is 18.9 Å². The summed E-state index contributed by atoms with van der Waals surface area (Å²) in [6, 6.07) is 9.66. The molecule has 0 aliphatic carbocycles. The number of methoxy groups -OCH3 is 1. The molecule has 1 aromatic carbocycles. The van der Waals surface area contributed by atoms with Crippen molar-refractivity contribution in [1.29, 1.82) is 0 Å². The van der Waals surface area contributed by atoms with Gasteiger partial charge in [-0.2, -0.15) is 0 Å². The average Bonchev–Trinajstić information content (AvgIpc) is 2.49. The molecule has 0 bridgehead atoms. The maximum atomic E-state index is 5.49. The van der Waals surface area contributed by atoms with Crippen molar-refractivity contribution < 1.29 is 4.74 Å². The standard InChI is InChI=1S/C17H28N2O/c1-4-8-16-11-18-15(5-2)13-19(16)12-14-9-6-7-10-17(14)20-3/h6-7,9-10,15-16,18H,4-5,8,11-13H2,1-3H3. The third-order valence-corrected chi connectivity index (χ3v) is 4.29. The quantitative estimate of drug-likeness (QED) is 0.864. The number of benzene rings is 1. The van der Waals surface area contributed by atoms with Gasteiger partial charge >= 0.3 is 0 Å². The Morgan fingerprint density at radius 1 is 1.30 bits per heavy atom. The maximum absolute atomic E-state index is 5.49. The van der Waals surface area contributed by atoms with Crippen LogP contribution in [0.2, 0.25) is 0 Å². The molecule has 0 aromatic heterocycles. The molecule has 1 aromatic rings. The zero-order valence-electron chi connectivity index (χ0n) is 13.1. The van der Waals surface area contributed by atoms with Crippen LogP contribution in [0, 0.1) is 0 Å². The van der Waals surface area contributed by atoms with Gasteiger partial charge in [-0.25, -0.2) is 0 Å². The van der Waals surface area contributed by atoms with Crippen LogP contribution >= 0.6 is 0 Å². The topological polar surface area (TPSA) is 24.5 Å². The Morgan fingerprint density at radius 2 is 2.10 bits per heavy atom. The van der Waals surface area contributed by atoms with Crippen LogP contribution < -0.4 is 10.1 Å². The highest BCUT2D eigenvalue weighted by Gasteiger charge is 2.26. The molecule has 3 heteroatoms. The summed E-state index contributed by atoms with van der Waals surface area (Å²) in [4.78, 5) is 2.63. The third-order valence-electron chi connectivity index (χ3n) is 4.29. The van der Waals surface area contributed by atoms with Gasteiger partial charge in [0.05, 0.1) is 7.11 Å². The van der Waals surface area contributed by atoms with Crippen molar-refractivity contribution >= 4 is 0 Å². The van der Waals surface area contributed by atoms with Gasteiger partial charge in [0.2, 0.25) is 0 Å². The molecule has 2 unspecified atom stereocenters. The van der Waals surface area contributed by atoms with E-state index in [2.05, 4.69) is 42.3 Å². The van der Waals surface area contributed by atoms with E-state index in [0.717, 1.165) is 25.4 Å².